The maximum atomic E-state index is 11.5. The fourth-order valence-electron chi connectivity index (χ4n) is 2.04. The van der Waals surface area contributed by atoms with Crippen molar-refractivity contribution in [1.29, 1.82) is 0 Å². The summed E-state index contributed by atoms with van der Waals surface area (Å²) in [7, 11) is 3.54. The quantitative estimate of drug-likeness (QED) is 0.803. The van der Waals surface area contributed by atoms with Gasteiger partial charge in [0.15, 0.2) is 0 Å². The first kappa shape index (κ1) is 14.3. The molecule has 20 heavy (non-hydrogen) atoms. The van der Waals surface area contributed by atoms with Crippen molar-refractivity contribution >= 4 is 17.8 Å². The molecule has 2 heterocycles. The smallest absolute Gasteiger partial charge is 0.323 e. The lowest BCUT2D eigenvalue weighted by Gasteiger charge is -2.30. The second-order valence-corrected chi connectivity index (χ2v) is 4.60. The molecule has 0 spiro atoms. The zero-order chi connectivity index (χ0) is 14.5. The highest BCUT2D eigenvalue weighted by atomic mass is 16.5. The van der Waals surface area contributed by atoms with E-state index in [0.29, 0.717) is 31.5 Å². The molecule has 1 amide bonds. The van der Waals surface area contributed by atoms with E-state index < -0.39 is 0 Å². The number of likely N-dealkylation sites (N-methyl/N-ethyl adjacent to an activating group) is 1. The first-order valence-corrected chi connectivity index (χ1v) is 6.69. The third kappa shape index (κ3) is 3.46. The Kier molecular flexibility index (Phi) is 4.54. The Morgan fingerprint density at radius 1 is 1.35 bits per heavy atom. The number of hydrogen-bond acceptors (Lipinski definition) is 7. The van der Waals surface area contributed by atoms with Gasteiger partial charge in [-0.25, -0.2) is 0 Å². The maximum absolute atomic E-state index is 11.5. The number of aromatic nitrogens is 3. The lowest BCUT2D eigenvalue weighted by atomic mass is 10.1. The van der Waals surface area contributed by atoms with Crippen molar-refractivity contribution in [3.05, 3.63) is 0 Å². The minimum absolute atomic E-state index is 0.138. The van der Waals surface area contributed by atoms with E-state index in [2.05, 4.69) is 25.6 Å². The normalized spacial score (nSPS) is 18.9. The van der Waals surface area contributed by atoms with Gasteiger partial charge >= 0.3 is 6.01 Å². The molecule has 2 N–H and O–H groups in total. The fourth-order valence-corrected chi connectivity index (χ4v) is 2.04. The van der Waals surface area contributed by atoms with E-state index in [1.165, 1.54) is 0 Å². The van der Waals surface area contributed by atoms with Crippen LogP contribution in [0.4, 0.5) is 11.9 Å². The molecular formula is C12H20N6O2. The number of carbonyl (C=O) groups is 1. The molecule has 0 bridgehead atoms. The molecule has 0 saturated carbocycles. The Hall–Kier alpha value is -2.12. The molecule has 1 aromatic heterocycles. The predicted molar refractivity (Wildman–Crippen MR) is 74.8 cm³/mol. The van der Waals surface area contributed by atoms with E-state index in [-0.39, 0.29) is 18.0 Å². The van der Waals surface area contributed by atoms with Gasteiger partial charge in [0.2, 0.25) is 17.8 Å². The Labute approximate surface area is 118 Å². The van der Waals surface area contributed by atoms with Gasteiger partial charge in [-0.3, -0.25) is 4.79 Å². The molecule has 8 heteroatoms. The van der Waals surface area contributed by atoms with Crippen LogP contribution in [0.3, 0.4) is 0 Å². The standard InChI is InChI=1S/C12H20N6O2/c1-4-20-12-16-10(13-2)15-11(17-12)14-8-5-6-9(19)18(3)7-8/h8H,4-7H2,1-3H3,(H2,13,14,15,16,17). The average molecular weight is 280 g/mol. The Balaban J connectivity index is 2.08. The maximum Gasteiger partial charge on any atom is 0.323 e. The summed E-state index contributed by atoms with van der Waals surface area (Å²) in [6, 6.07) is 0.425. The summed E-state index contributed by atoms with van der Waals surface area (Å²) in [4.78, 5) is 25.7. The number of nitrogens with one attached hydrogen (secondary N) is 2. The van der Waals surface area contributed by atoms with Crippen LogP contribution in [0, 0.1) is 0 Å². The molecule has 1 unspecified atom stereocenters. The van der Waals surface area contributed by atoms with Crippen LogP contribution in [0.5, 0.6) is 6.01 Å². The Morgan fingerprint density at radius 3 is 2.75 bits per heavy atom. The van der Waals surface area contributed by atoms with Crippen molar-refractivity contribution in [1.82, 2.24) is 19.9 Å². The molecule has 2 rings (SSSR count). The predicted octanol–water partition coefficient (Wildman–Crippen LogP) is 0.345. The highest BCUT2D eigenvalue weighted by molar-refractivity contribution is 5.76. The van der Waals surface area contributed by atoms with Crippen LogP contribution in [-0.4, -0.2) is 59.0 Å². The molecular weight excluding hydrogens is 260 g/mol. The summed E-state index contributed by atoms with van der Waals surface area (Å²) < 4.78 is 5.31. The second-order valence-electron chi connectivity index (χ2n) is 4.60. The van der Waals surface area contributed by atoms with Gasteiger partial charge in [-0.15, -0.1) is 0 Å². The van der Waals surface area contributed by atoms with Gasteiger partial charge < -0.3 is 20.3 Å². The molecule has 1 aliphatic heterocycles. The summed E-state index contributed by atoms with van der Waals surface area (Å²) in [5.41, 5.74) is 0. The molecule has 0 radical (unpaired) electrons. The molecule has 8 nitrogen and oxygen atoms in total. The lowest BCUT2D eigenvalue weighted by molar-refractivity contribution is -0.132. The number of piperidine rings is 1. The molecule has 1 aliphatic rings. The van der Waals surface area contributed by atoms with Gasteiger partial charge in [-0.1, -0.05) is 0 Å². The fraction of sp³-hybridized carbons (Fsp3) is 0.667. The van der Waals surface area contributed by atoms with E-state index >= 15 is 0 Å². The van der Waals surface area contributed by atoms with Crippen molar-refractivity contribution < 1.29 is 9.53 Å². The third-order valence-electron chi connectivity index (χ3n) is 3.07. The number of hydrogen-bond donors (Lipinski definition) is 2. The Bertz CT molecular complexity index is 481. The van der Waals surface area contributed by atoms with Gasteiger partial charge in [0.1, 0.15) is 0 Å². The van der Waals surface area contributed by atoms with Gasteiger partial charge in [0, 0.05) is 33.1 Å². The number of carbonyl (C=O) groups excluding carboxylic acids is 1. The number of anilines is 2. The molecule has 1 fully saturated rings. The molecule has 1 atom stereocenters. The van der Waals surface area contributed by atoms with E-state index in [9.17, 15) is 4.79 Å². The summed E-state index contributed by atoms with van der Waals surface area (Å²) in [6.07, 6.45) is 1.31. The second kappa shape index (κ2) is 6.36. The van der Waals surface area contributed by atoms with Crippen molar-refractivity contribution in [2.75, 3.05) is 37.9 Å². The van der Waals surface area contributed by atoms with Crippen LogP contribution in [-0.2, 0) is 4.79 Å². The minimum Gasteiger partial charge on any atom is -0.464 e. The lowest BCUT2D eigenvalue weighted by Crippen LogP contribution is -2.43. The number of ether oxygens (including phenoxy) is 1. The molecule has 1 aromatic rings. The Morgan fingerprint density at radius 2 is 2.10 bits per heavy atom. The van der Waals surface area contributed by atoms with Crippen molar-refractivity contribution in [2.24, 2.45) is 0 Å². The molecule has 0 aromatic carbocycles. The van der Waals surface area contributed by atoms with Gasteiger partial charge in [-0.05, 0) is 13.3 Å². The number of amides is 1. The van der Waals surface area contributed by atoms with Crippen LogP contribution in [0.2, 0.25) is 0 Å². The van der Waals surface area contributed by atoms with Gasteiger partial charge in [0.05, 0.1) is 6.61 Å². The minimum atomic E-state index is 0.138. The van der Waals surface area contributed by atoms with Gasteiger partial charge in [-0.2, -0.15) is 15.0 Å². The summed E-state index contributed by atoms with van der Waals surface area (Å²) >= 11 is 0. The zero-order valence-electron chi connectivity index (χ0n) is 12.0. The van der Waals surface area contributed by atoms with Crippen molar-refractivity contribution in [2.45, 2.75) is 25.8 Å². The van der Waals surface area contributed by atoms with Crippen LogP contribution < -0.4 is 15.4 Å². The summed E-state index contributed by atoms with van der Waals surface area (Å²) in [5, 5.41) is 6.10. The van der Waals surface area contributed by atoms with E-state index in [4.69, 9.17) is 4.74 Å². The summed E-state index contributed by atoms with van der Waals surface area (Å²) in [6.45, 7) is 3.01. The topological polar surface area (TPSA) is 92.3 Å². The number of nitrogens with zero attached hydrogens (tertiary/aromatic N) is 4. The van der Waals surface area contributed by atoms with E-state index in [0.717, 1.165) is 6.42 Å². The largest absolute Gasteiger partial charge is 0.464 e. The van der Waals surface area contributed by atoms with Crippen molar-refractivity contribution in [3.8, 4) is 6.01 Å². The first-order valence-electron chi connectivity index (χ1n) is 6.69. The zero-order valence-corrected chi connectivity index (χ0v) is 12.0. The molecule has 110 valence electrons. The van der Waals surface area contributed by atoms with Crippen LogP contribution in [0.25, 0.3) is 0 Å². The molecule has 1 saturated heterocycles. The monoisotopic (exact) mass is 280 g/mol. The SMILES string of the molecule is CCOc1nc(NC)nc(NC2CCC(=O)N(C)C2)n1. The van der Waals surface area contributed by atoms with Gasteiger partial charge in [0.25, 0.3) is 0 Å². The number of rotatable bonds is 5. The highest BCUT2D eigenvalue weighted by Gasteiger charge is 2.23. The van der Waals surface area contributed by atoms with Crippen molar-refractivity contribution in [3.63, 3.8) is 0 Å². The number of likely N-dealkylation sites (tertiary alicyclic amines) is 1. The van der Waals surface area contributed by atoms with Crippen LogP contribution >= 0.6 is 0 Å². The van der Waals surface area contributed by atoms with E-state index in [1.54, 1.807) is 19.0 Å². The van der Waals surface area contributed by atoms with Crippen LogP contribution in [0.1, 0.15) is 19.8 Å². The van der Waals surface area contributed by atoms with Crippen LogP contribution in [0.15, 0.2) is 0 Å². The molecule has 0 aliphatic carbocycles. The highest BCUT2D eigenvalue weighted by Crippen LogP contribution is 2.16. The summed E-state index contributed by atoms with van der Waals surface area (Å²) in [5.74, 6) is 1.08. The average Bonchev–Trinajstić information content (AvgIpc) is 2.43. The first-order chi connectivity index (χ1) is 9.62. The van der Waals surface area contributed by atoms with E-state index in [1.807, 2.05) is 6.92 Å². The third-order valence-corrected chi connectivity index (χ3v) is 3.07.